The minimum Gasteiger partial charge on any atom is -0.318 e. The molecular formula is C15H28N4. The lowest BCUT2D eigenvalue weighted by molar-refractivity contribution is 0.137. The Morgan fingerprint density at radius 3 is 3.05 bits per heavy atom. The van der Waals surface area contributed by atoms with Gasteiger partial charge in [-0.15, -0.1) is 0 Å². The van der Waals surface area contributed by atoms with Gasteiger partial charge in [0, 0.05) is 31.4 Å². The van der Waals surface area contributed by atoms with Gasteiger partial charge in [0.25, 0.3) is 0 Å². The van der Waals surface area contributed by atoms with Crippen LogP contribution in [0.4, 0.5) is 0 Å². The van der Waals surface area contributed by atoms with Gasteiger partial charge in [-0.2, -0.15) is 5.10 Å². The van der Waals surface area contributed by atoms with Crippen LogP contribution >= 0.6 is 0 Å². The fourth-order valence-corrected chi connectivity index (χ4v) is 2.84. The van der Waals surface area contributed by atoms with Crippen LogP contribution in [0.25, 0.3) is 0 Å². The lowest BCUT2D eigenvalue weighted by Gasteiger charge is -2.35. The van der Waals surface area contributed by atoms with Crippen LogP contribution in [-0.4, -0.2) is 40.9 Å². The summed E-state index contributed by atoms with van der Waals surface area (Å²) in [6.45, 7) is 7.73. The first-order valence-electron chi connectivity index (χ1n) is 7.67. The summed E-state index contributed by atoms with van der Waals surface area (Å²) in [4.78, 5) is 2.59. The van der Waals surface area contributed by atoms with Gasteiger partial charge in [-0.1, -0.05) is 13.3 Å². The van der Waals surface area contributed by atoms with E-state index in [0.717, 1.165) is 19.5 Å². The maximum Gasteiger partial charge on any atom is 0.0765 e. The number of piperidine rings is 1. The van der Waals surface area contributed by atoms with E-state index in [-0.39, 0.29) is 0 Å². The summed E-state index contributed by atoms with van der Waals surface area (Å²) in [7, 11) is 2.05. The third kappa shape index (κ3) is 3.80. The summed E-state index contributed by atoms with van der Waals surface area (Å²) in [5.41, 5.74) is 1.21. The molecule has 1 aliphatic rings. The second kappa shape index (κ2) is 7.06. The zero-order valence-corrected chi connectivity index (χ0v) is 12.6. The Morgan fingerprint density at radius 2 is 2.32 bits per heavy atom. The quantitative estimate of drug-likeness (QED) is 0.856. The van der Waals surface area contributed by atoms with Crippen LogP contribution in [0.3, 0.4) is 0 Å². The van der Waals surface area contributed by atoms with Crippen LogP contribution in [0.2, 0.25) is 0 Å². The number of rotatable bonds is 6. The van der Waals surface area contributed by atoms with Crippen LogP contribution in [0.1, 0.15) is 51.3 Å². The molecule has 2 rings (SSSR count). The van der Waals surface area contributed by atoms with Crippen molar-refractivity contribution < 1.29 is 0 Å². The van der Waals surface area contributed by atoms with Crippen molar-refractivity contribution in [1.29, 1.82) is 0 Å². The van der Waals surface area contributed by atoms with Crippen LogP contribution < -0.4 is 5.32 Å². The molecular weight excluding hydrogens is 236 g/mol. The molecule has 0 radical (unpaired) electrons. The topological polar surface area (TPSA) is 33.1 Å². The molecule has 0 aromatic carbocycles. The normalized spacial score (nSPS) is 22.6. The molecule has 1 aliphatic heterocycles. The summed E-state index contributed by atoms with van der Waals surface area (Å²) in [6, 6.07) is 3.35. The first kappa shape index (κ1) is 14.5. The van der Waals surface area contributed by atoms with Crippen molar-refractivity contribution in [2.24, 2.45) is 0 Å². The van der Waals surface area contributed by atoms with Gasteiger partial charge in [-0.3, -0.25) is 9.58 Å². The maximum absolute atomic E-state index is 4.72. The second-order valence-corrected chi connectivity index (χ2v) is 5.72. The van der Waals surface area contributed by atoms with Crippen LogP contribution in [0, 0.1) is 0 Å². The molecule has 1 aromatic rings. The van der Waals surface area contributed by atoms with E-state index in [9.17, 15) is 0 Å². The fraction of sp³-hybridized carbons (Fsp3) is 0.800. The fourth-order valence-electron chi connectivity index (χ4n) is 2.84. The number of aromatic nitrogens is 2. The average Bonchev–Trinajstić information content (AvgIpc) is 2.89. The number of likely N-dealkylation sites (N-methyl/N-ethyl adjacent to an activating group) is 1. The molecule has 19 heavy (non-hydrogen) atoms. The molecule has 2 unspecified atom stereocenters. The highest BCUT2D eigenvalue weighted by Crippen LogP contribution is 2.19. The van der Waals surface area contributed by atoms with E-state index in [4.69, 9.17) is 5.10 Å². The molecule has 108 valence electrons. The van der Waals surface area contributed by atoms with E-state index in [2.05, 4.69) is 41.0 Å². The van der Waals surface area contributed by atoms with Gasteiger partial charge >= 0.3 is 0 Å². The number of nitrogens with zero attached hydrogens (tertiary/aromatic N) is 3. The molecule has 1 N–H and O–H groups in total. The number of hydrogen-bond donors (Lipinski definition) is 1. The van der Waals surface area contributed by atoms with Crippen molar-refractivity contribution in [1.82, 2.24) is 20.0 Å². The Bertz CT molecular complexity index is 372. The lowest BCUT2D eigenvalue weighted by Crippen LogP contribution is -2.44. The minimum atomic E-state index is 0.503. The van der Waals surface area contributed by atoms with Crippen molar-refractivity contribution in [3.05, 3.63) is 18.0 Å². The smallest absolute Gasteiger partial charge is 0.0765 e. The van der Waals surface area contributed by atoms with Crippen molar-refractivity contribution in [3.63, 3.8) is 0 Å². The minimum absolute atomic E-state index is 0.503. The Morgan fingerprint density at radius 1 is 1.47 bits per heavy atom. The summed E-state index contributed by atoms with van der Waals surface area (Å²) in [6.07, 6.45) is 7.26. The standard InChI is InChI=1S/C15H28N4/c1-4-13(2)19-10-8-14(17-19)12-18-9-6-5-7-15(18)11-16-3/h8,10,13,15-16H,4-7,9,11-12H2,1-3H3. The lowest BCUT2D eigenvalue weighted by atomic mass is 10.0. The molecule has 0 saturated carbocycles. The molecule has 0 aliphatic carbocycles. The Balaban J connectivity index is 1.96. The molecule has 0 bridgehead atoms. The van der Waals surface area contributed by atoms with Gasteiger partial charge < -0.3 is 5.32 Å². The molecule has 4 nitrogen and oxygen atoms in total. The molecule has 1 aromatic heterocycles. The highest BCUT2D eigenvalue weighted by Gasteiger charge is 2.22. The van der Waals surface area contributed by atoms with E-state index in [0.29, 0.717) is 12.1 Å². The number of hydrogen-bond acceptors (Lipinski definition) is 3. The van der Waals surface area contributed by atoms with Crippen molar-refractivity contribution in [3.8, 4) is 0 Å². The Kier molecular flexibility index (Phi) is 5.40. The summed E-state index contributed by atoms with van der Waals surface area (Å²) >= 11 is 0. The second-order valence-electron chi connectivity index (χ2n) is 5.72. The first-order chi connectivity index (χ1) is 9.24. The number of likely N-dealkylation sites (tertiary alicyclic amines) is 1. The monoisotopic (exact) mass is 264 g/mol. The maximum atomic E-state index is 4.72. The van der Waals surface area contributed by atoms with E-state index >= 15 is 0 Å². The van der Waals surface area contributed by atoms with E-state index in [1.165, 1.54) is 31.5 Å². The van der Waals surface area contributed by atoms with Gasteiger partial charge in [-0.05, 0) is 45.8 Å². The van der Waals surface area contributed by atoms with Crippen molar-refractivity contribution in [2.45, 2.75) is 58.2 Å². The molecule has 2 heterocycles. The summed E-state index contributed by atoms with van der Waals surface area (Å²) in [5.74, 6) is 0. The molecule has 2 atom stereocenters. The van der Waals surface area contributed by atoms with Gasteiger partial charge in [0.1, 0.15) is 0 Å². The average molecular weight is 264 g/mol. The SMILES string of the molecule is CCC(C)n1ccc(CN2CCCCC2CNC)n1. The van der Waals surface area contributed by atoms with Gasteiger partial charge in [0.05, 0.1) is 5.69 Å². The molecule has 4 heteroatoms. The molecule has 1 fully saturated rings. The highest BCUT2D eigenvalue weighted by atomic mass is 15.3. The van der Waals surface area contributed by atoms with Crippen molar-refractivity contribution in [2.75, 3.05) is 20.1 Å². The van der Waals surface area contributed by atoms with E-state index in [1.807, 2.05) is 7.05 Å². The van der Waals surface area contributed by atoms with Gasteiger partial charge in [0.15, 0.2) is 0 Å². The van der Waals surface area contributed by atoms with Crippen molar-refractivity contribution >= 4 is 0 Å². The van der Waals surface area contributed by atoms with Crippen LogP contribution in [0.5, 0.6) is 0 Å². The predicted octanol–water partition coefficient (Wildman–Crippen LogP) is 2.43. The Labute approximate surface area is 117 Å². The highest BCUT2D eigenvalue weighted by molar-refractivity contribution is 5.00. The zero-order chi connectivity index (χ0) is 13.7. The molecule has 1 saturated heterocycles. The van der Waals surface area contributed by atoms with E-state index < -0.39 is 0 Å². The molecule has 0 amide bonds. The predicted molar refractivity (Wildman–Crippen MR) is 79.2 cm³/mol. The van der Waals surface area contributed by atoms with Crippen LogP contribution in [-0.2, 0) is 6.54 Å². The molecule has 0 spiro atoms. The Hall–Kier alpha value is -0.870. The largest absolute Gasteiger partial charge is 0.318 e. The first-order valence-corrected chi connectivity index (χ1v) is 7.67. The zero-order valence-electron chi connectivity index (χ0n) is 12.6. The number of nitrogens with one attached hydrogen (secondary N) is 1. The third-order valence-electron chi connectivity index (χ3n) is 4.26. The summed E-state index contributed by atoms with van der Waals surface area (Å²) in [5, 5.41) is 8.04. The summed E-state index contributed by atoms with van der Waals surface area (Å²) < 4.78 is 2.10. The third-order valence-corrected chi connectivity index (χ3v) is 4.26. The van der Waals surface area contributed by atoms with Crippen LogP contribution in [0.15, 0.2) is 12.3 Å². The van der Waals surface area contributed by atoms with Gasteiger partial charge in [0.2, 0.25) is 0 Å². The van der Waals surface area contributed by atoms with Gasteiger partial charge in [-0.25, -0.2) is 0 Å². The van der Waals surface area contributed by atoms with E-state index in [1.54, 1.807) is 0 Å².